The second-order valence-electron chi connectivity index (χ2n) is 3.11. The molecule has 2 heteroatoms. The number of hydrogen-bond donors (Lipinski definition) is 1. The van der Waals surface area contributed by atoms with Gasteiger partial charge in [-0.1, -0.05) is 0 Å². The zero-order valence-electron chi connectivity index (χ0n) is 5.55. The van der Waals surface area contributed by atoms with Gasteiger partial charge in [0.05, 0.1) is 6.10 Å². The molecule has 52 valence electrons. The summed E-state index contributed by atoms with van der Waals surface area (Å²) in [5.41, 5.74) is 5.75. The summed E-state index contributed by atoms with van der Waals surface area (Å²) in [6.07, 6.45) is 4.15. The molecule has 2 N–H and O–H groups in total. The molecule has 1 heterocycles. The van der Waals surface area contributed by atoms with Crippen LogP contribution in [0.1, 0.15) is 19.3 Å². The standard InChI is InChI=1S/C7H13NO/c8-6-4-7-5(6)2-1-3-9-7/h5-7H,1-4,8H2. The lowest BCUT2D eigenvalue weighted by molar-refractivity contribution is -0.0943. The monoisotopic (exact) mass is 127 g/mol. The normalized spacial score (nSPS) is 49.7. The number of fused-ring (bicyclic) bond motifs is 1. The van der Waals surface area contributed by atoms with Crippen LogP contribution in [0.25, 0.3) is 0 Å². The lowest BCUT2D eigenvalue weighted by Gasteiger charge is -2.45. The van der Waals surface area contributed by atoms with Crippen LogP contribution in [0.2, 0.25) is 0 Å². The third-order valence-electron chi connectivity index (χ3n) is 2.55. The maximum atomic E-state index is 5.75. The number of ether oxygens (including phenoxy) is 1. The molecule has 1 saturated carbocycles. The molecule has 1 aliphatic heterocycles. The first-order valence-corrected chi connectivity index (χ1v) is 3.75. The Labute approximate surface area is 55.4 Å². The molecule has 2 nitrogen and oxygen atoms in total. The van der Waals surface area contributed by atoms with Crippen molar-refractivity contribution in [2.45, 2.75) is 31.4 Å². The molecule has 3 atom stereocenters. The van der Waals surface area contributed by atoms with Gasteiger partial charge < -0.3 is 10.5 Å². The van der Waals surface area contributed by atoms with Gasteiger partial charge in [-0.2, -0.15) is 0 Å². The molecule has 0 amide bonds. The third-order valence-corrected chi connectivity index (χ3v) is 2.55. The van der Waals surface area contributed by atoms with E-state index in [4.69, 9.17) is 10.5 Å². The highest BCUT2D eigenvalue weighted by atomic mass is 16.5. The van der Waals surface area contributed by atoms with Crippen LogP contribution in [0.15, 0.2) is 0 Å². The summed E-state index contributed by atoms with van der Waals surface area (Å²) in [6, 6.07) is 0.454. The number of hydrogen-bond acceptors (Lipinski definition) is 2. The average molecular weight is 127 g/mol. The van der Waals surface area contributed by atoms with Gasteiger partial charge in [-0.25, -0.2) is 0 Å². The summed E-state index contributed by atoms with van der Waals surface area (Å²) >= 11 is 0. The van der Waals surface area contributed by atoms with E-state index >= 15 is 0 Å². The predicted molar refractivity (Wildman–Crippen MR) is 35.1 cm³/mol. The molecule has 9 heavy (non-hydrogen) atoms. The highest BCUT2D eigenvalue weighted by Crippen LogP contribution is 2.36. The van der Waals surface area contributed by atoms with Crippen molar-refractivity contribution in [3.63, 3.8) is 0 Å². The maximum absolute atomic E-state index is 5.75. The zero-order chi connectivity index (χ0) is 6.27. The minimum absolute atomic E-state index is 0.454. The van der Waals surface area contributed by atoms with E-state index in [1.165, 1.54) is 12.8 Å². The molecule has 1 saturated heterocycles. The van der Waals surface area contributed by atoms with Crippen molar-refractivity contribution in [3.8, 4) is 0 Å². The van der Waals surface area contributed by atoms with Gasteiger partial charge in [-0.15, -0.1) is 0 Å². The predicted octanol–water partition coefficient (Wildman–Crippen LogP) is 0.513. The molecule has 0 aromatic carbocycles. The molecule has 0 bridgehead atoms. The third kappa shape index (κ3) is 0.775. The summed E-state index contributed by atoms with van der Waals surface area (Å²) < 4.78 is 5.47. The van der Waals surface area contributed by atoms with E-state index in [2.05, 4.69) is 0 Å². The Hall–Kier alpha value is -0.0800. The highest BCUT2D eigenvalue weighted by molar-refractivity contribution is 4.94. The van der Waals surface area contributed by atoms with Crippen molar-refractivity contribution in [3.05, 3.63) is 0 Å². The first kappa shape index (κ1) is 5.69. The molecule has 2 rings (SSSR count). The van der Waals surface area contributed by atoms with Crippen molar-refractivity contribution >= 4 is 0 Å². The molecule has 0 spiro atoms. The van der Waals surface area contributed by atoms with Crippen LogP contribution in [0.4, 0.5) is 0 Å². The Kier molecular flexibility index (Phi) is 1.24. The summed E-state index contributed by atoms with van der Waals surface area (Å²) in [7, 11) is 0. The summed E-state index contributed by atoms with van der Waals surface area (Å²) in [6.45, 7) is 0.966. The minimum Gasteiger partial charge on any atom is -0.378 e. The number of rotatable bonds is 0. The number of nitrogens with two attached hydrogens (primary N) is 1. The molecule has 0 radical (unpaired) electrons. The average Bonchev–Trinajstić information content (AvgIpc) is 1.86. The SMILES string of the molecule is NC1CC2OCCCC12. The van der Waals surface area contributed by atoms with Gasteiger partial charge in [0.2, 0.25) is 0 Å². The fourth-order valence-electron chi connectivity index (χ4n) is 1.84. The second-order valence-corrected chi connectivity index (χ2v) is 3.11. The quantitative estimate of drug-likeness (QED) is 0.514. The lowest BCUT2D eigenvalue weighted by atomic mass is 9.73. The van der Waals surface area contributed by atoms with Gasteiger partial charge in [-0.3, -0.25) is 0 Å². The van der Waals surface area contributed by atoms with Gasteiger partial charge in [0.15, 0.2) is 0 Å². The second kappa shape index (κ2) is 1.96. The first-order chi connectivity index (χ1) is 4.38. The first-order valence-electron chi connectivity index (χ1n) is 3.75. The van der Waals surface area contributed by atoms with Crippen LogP contribution in [-0.2, 0) is 4.74 Å². The van der Waals surface area contributed by atoms with E-state index in [-0.39, 0.29) is 0 Å². The molecular weight excluding hydrogens is 114 g/mol. The van der Waals surface area contributed by atoms with Crippen LogP contribution in [0.3, 0.4) is 0 Å². The van der Waals surface area contributed by atoms with E-state index in [1.807, 2.05) is 0 Å². The van der Waals surface area contributed by atoms with Crippen LogP contribution in [0, 0.1) is 5.92 Å². The molecule has 1 aliphatic carbocycles. The molecule has 2 aliphatic rings. The largest absolute Gasteiger partial charge is 0.378 e. The van der Waals surface area contributed by atoms with E-state index in [9.17, 15) is 0 Å². The molecule has 0 aromatic heterocycles. The van der Waals surface area contributed by atoms with Crippen LogP contribution in [-0.4, -0.2) is 18.8 Å². The molecule has 3 unspecified atom stereocenters. The minimum atomic E-state index is 0.454. The van der Waals surface area contributed by atoms with Crippen molar-refractivity contribution in [1.82, 2.24) is 0 Å². The highest BCUT2D eigenvalue weighted by Gasteiger charge is 2.40. The van der Waals surface area contributed by atoms with Crippen molar-refractivity contribution in [1.29, 1.82) is 0 Å². The van der Waals surface area contributed by atoms with Crippen molar-refractivity contribution in [2.75, 3.05) is 6.61 Å². The van der Waals surface area contributed by atoms with Gasteiger partial charge in [0.1, 0.15) is 0 Å². The topological polar surface area (TPSA) is 35.2 Å². The summed E-state index contributed by atoms with van der Waals surface area (Å²) in [5.74, 6) is 0.707. The Bertz CT molecular complexity index is 113. The van der Waals surface area contributed by atoms with Crippen molar-refractivity contribution < 1.29 is 4.74 Å². The fourth-order valence-corrected chi connectivity index (χ4v) is 1.84. The molecule has 0 aromatic rings. The van der Waals surface area contributed by atoms with E-state index in [0.717, 1.165) is 13.0 Å². The van der Waals surface area contributed by atoms with E-state index in [1.54, 1.807) is 0 Å². The Morgan fingerprint density at radius 3 is 2.89 bits per heavy atom. The molecular formula is C7H13NO. The Morgan fingerprint density at radius 2 is 2.33 bits per heavy atom. The van der Waals surface area contributed by atoms with E-state index < -0.39 is 0 Å². The van der Waals surface area contributed by atoms with Crippen LogP contribution >= 0.6 is 0 Å². The van der Waals surface area contributed by atoms with E-state index in [0.29, 0.717) is 18.1 Å². The summed E-state index contributed by atoms with van der Waals surface area (Å²) in [5, 5.41) is 0. The fraction of sp³-hybridized carbons (Fsp3) is 1.00. The summed E-state index contributed by atoms with van der Waals surface area (Å²) in [4.78, 5) is 0. The van der Waals surface area contributed by atoms with Crippen molar-refractivity contribution in [2.24, 2.45) is 11.7 Å². The van der Waals surface area contributed by atoms with Crippen LogP contribution in [0.5, 0.6) is 0 Å². The van der Waals surface area contributed by atoms with Gasteiger partial charge in [0.25, 0.3) is 0 Å². The smallest absolute Gasteiger partial charge is 0.0632 e. The van der Waals surface area contributed by atoms with Gasteiger partial charge in [0, 0.05) is 18.6 Å². The Morgan fingerprint density at radius 1 is 1.44 bits per heavy atom. The molecule has 2 fully saturated rings. The van der Waals surface area contributed by atoms with Gasteiger partial charge in [-0.05, 0) is 19.3 Å². The lowest BCUT2D eigenvalue weighted by Crippen LogP contribution is -2.54. The zero-order valence-corrected chi connectivity index (χ0v) is 5.55. The Balaban J connectivity index is 1.94. The van der Waals surface area contributed by atoms with Gasteiger partial charge >= 0.3 is 0 Å². The maximum Gasteiger partial charge on any atom is 0.0632 e. The van der Waals surface area contributed by atoms with Crippen LogP contribution < -0.4 is 5.73 Å².